The molecule has 2 heteroatoms. The summed E-state index contributed by atoms with van der Waals surface area (Å²) in [6.45, 7) is 9.41. The molecule has 0 aromatic heterocycles. The first-order valence-electron chi connectivity index (χ1n) is 5.79. The van der Waals surface area contributed by atoms with Gasteiger partial charge in [-0.3, -0.25) is 0 Å². The van der Waals surface area contributed by atoms with E-state index in [2.05, 4.69) is 24.5 Å². The maximum absolute atomic E-state index is 3.55. The highest BCUT2D eigenvalue weighted by Gasteiger charge is 2.18. The molecule has 0 bridgehead atoms. The van der Waals surface area contributed by atoms with Gasteiger partial charge in [-0.25, -0.2) is 0 Å². The van der Waals surface area contributed by atoms with Gasteiger partial charge in [-0.05, 0) is 44.4 Å². The summed E-state index contributed by atoms with van der Waals surface area (Å²) < 4.78 is 0. The lowest BCUT2D eigenvalue weighted by Gasteiger charge is -2.28. The van der Waals surface area contributed by atoms with Crippen molar-refractivity contribution in [1.82, 2.24) is 10.6 Å². The van der Waals surface area contributed by atoms with Crippen LogP contribution in [0.4, 0.5) is 0 Å². The quantitative estimate of drug-likeness (QED) is 0.696. The first-order valence-corrected chi connectivity index (χ1v) is 5.79. The van der Waals surface area contributed by atoms with Gasteiger partial charge in [-0.1, -0.05) is 26.7 Å². The zero-order chi connectivity index (χ0) is 9.52. The lowest BCUT2D eigenvalue weighted by atomic mass is 9.87. The number of hydrogen-bond acceptors (Lipinski definition) is 2. The molecule has 2 nitrogen and oxygen atoms in total. The summed E-state index contributed by atoms with van der Waals surface area (Å²) >= 11 is 0. The van der Waals surface area contributed by atoms with E-state index in [1.165, 1.54) is 45.4 Å². The summed E-state index contributed by atoms with van der Waals surface area (Å²) in [7, 11) is 0. The topological polar surface area (TPSA) is 24.1 Å². The van der Waals surface area contributed by atoms with E-state index < -0.39 is 0 Å². The average molecular weight is 184 g/mol. The normalized spacial score (nSPS) is 21.5. The van der Waals surface area contributed by atoms with Gasteiger partial charge in [0.05, 0.1) is 0 Å². The predicted molar refractivity (Wildman–Crippen MR) is 57.9 cm³/mol. The molecule has 1 heterocycles. The second-order valence-electron chi connectivity index (χ2n) is 4.10. The predicted octanol–water partition coefficient (Wildman–Crippen LogP) is 1.62. The highest BCUT2D eigenvalue weighted by molar-refractivity contribution is 4.74. The third kappa shape index (κ3) is 3.65. The van der Waals surface area contributed by atoms with Crippen LogP contribution in [0.5, 0.6) is 0 Å². The fourth-order valence-electron chi connectivity index (χ4n) is 2.27. The molecular weight excluding hydrogens is 160 g/mol. The van der Waals surface area contributed by atoms with Crippen LogP contribution < -0.4 is 10.6 Å². The van der Waals surface area contributed by atoms with E-state index in [1.807, 2.05) is 0 Å². The van der Waals surface area contributed by atoms with E-state index in [9.17, 15) is 0 Å². The van der Waals surface area contributed by atoms with Crippen molar-refractivity contribution in [3.63, 3.8) is 0 Å². The highest BCUT2D eigenvalue weighted by atomic mass is 14.9. The molecule has 1 aliphatic rings. The number of rotatable bonds is 3. The van der Waals surface area contributed by atoms with Gasteiger partial charge < -0.3 is 10.6 Å². The molecule has 1 rings (SSSR count). The summed E-state index contributed by atoms with van der Waals surface area (Å²) in [5.41, 5.74) is 0. The van der Waals surface area contributed by atoms with Gasteiger partial charge in [0.25, 0.3) is 0 Å². The van der Waals surface area contributed by atoms with Gasteiger partial charge in [-0.2, -0.15) is 0 Å². The molecule has 2 N–H and O–H groups in total. The van der Waals surface area contributed by atoms with Crippen LogP contribution in [0.15, 0.2) is 0 Å². The minimum atomic E-state index is 0.843. The van der Waals surface area contributed by atoms with Crippen molar-refractivity contribution < 1.29 is 0 Å². The van der Waals surface area contributed by atoms with Gasteiger partial charge in [-0.15, -0.1) is 0 Å². The Hall–Kier alpha value is -0.0800. The van der Waals surface area contributed by atoms with Crippen LogP contribution in [-0.4, -0.2) is 26.2 Å². The lowest BCUT2D eigenvalue weighted by Crippen LogP contribution is -2.40. The second kappa shape index (κ2) is 6.39. The fourth-order valence-corrected chi connectivity index (χ4v) is 2.27. The SMILES string of the molecule is CCC(CC)C1CNCCCNC1. The Kier molecular flexibility index (Phi) is 5.40. The molecule has 0 saturated carbocycles. The molecule has 13 heavy (non-hydrogen) atoms. The second-order valence-corrected chi connectivity index (χ2v) is 4.10. The van der Waals surface area contributed by atoms with Gasteiger partial charge in [0.15, 0.2) is 0 Å². The van der Waals surface area contributed by atoms with Crippen LogP contribution in [-0.2, 0) is 0 Å². The Labute approximate surface area is 82.5 Å². The van der Waals surface area contributed by atoms with Gasteiger partial charge in [0, 0.05) is 0 Å². The van der Waals surface area contributed by atoms with Crippen LogP contribution in [0.25, 0.3) is 0 Å². The van der Waals surface area contributed by atoms with E-state index in [-0.39, 0.29) is 0 Å². The van der Waals surface area contributed by atoms with E-state index in [4.69, 9.17) is 0 Å². The van der Waals surface area contributed by atoms with Crippen molar-refractivity contribution in [1.29, 1.82) is 0 Å². The Bertz CT molecular complexity index is 113. The third-order valence-electron chi connectivity index (χ3n) is 3.24. The maximum Gasteiger partial charge on any atom is -0.000572 e. The summed E-state index contributed by atoms with van der Waals surface area (Å²) in [6.07, 6.45) is 3.92. The van der Waals surface area contributed by atoms with Gasteiger partial charge in [0.2, 0.25) is 0 Å². The molecule has 0 radical (unpaired) electrons. The summed E-state index contributed by atoms with van der Waals surface area (Å²) in [5, 5.41) is 7.09. The average Bonchev–Trinajstić information content (AvgIpc) is 2.09. The van der Waals surface area contributed by atoms with Crippen LogP contribution in [0.2, 0.25) is 0 Å². The first kappa shape index (κ1) is 11.0. The van der Waals surface area contributed by atoms with Crippen molar-refractivity contribution in [2.45, 2.75) is 33.1 Å². The third-order valence-corrected chi connectivity index (χ3v) is 3.24. The van der Waals surface area contributed by atoms with E-state index in [0.717, 1.165) is 11.8 Å². The minimum absolute atomic E-state index is 0.843. The number of hydrogen-bond donors (Lipinski definition) is 2. The van der Waals surface area contributed by atoms with E-state index >= 15 is 0 Å². The first-order chi connectivity index (χ1) is 6.38. The maximum atomic E-state index is 3.55. The molecular formula is C11H24N2. The zero-order valence-corrected chi connectivity index (χ0v) is 9.10. The molecule has 0 atom stereocenters. The zero-order valence-electron chi connectivity index (χ0n) is 9.10. The van der Waals surface area contributed by atoms with Crippen LogP contribution in [0.3, 0.4) is 0 Å². The molecule has 78 valence electrons. The van der Waals surface area contributed by atoms with E-state index in [0.29, 0.717) is 0 Å². The summed E-state index contributed by atoms with van der Waals surface area (Å²) in [6, 6.07) is 0. The van der Waals surface area contributed by atoms with E-state index in [1.54, 1.807) is 0 Å². The minimum Gasteiger partial charge on any atom is -0.316 e. The Morgan fingerprint density at radius 3 is 2.08 bits per heavy atom. The van der Waals surface area contributed by atoms with Gasteiger partial charge in [0.1, 0.15) is 0 Å². The summed E-state index contributed by atoms with van der Waals surface area (Å²) in [4.78, 5) is 0. The molecule has 1 fully saturated rings. The van der Waals surface area contributed by atoms with Crippen LogP contribution >= 0.6 is 0 Å². The molecule has 0 unspecified atom stereocenters. The fraction of sp³-hybridized carbons (Fsp3) is 1.00. The van der Waals surface area contributed by atoms with Crippen molar-refractivity contribution in [2.24, 2.45) is 11.8 Å². The van der Waals surface area contributed by atoms with Crippen LogP contribution in [0, 0.1) is 11.8 Å². The van der Waals surface area contributed by atoms with Crippen molar-refractivity contribution in [3.8, 4) is 0 Å². The number of nitrogens with one attached hydrogen (secondary N) is 2. The molecule has 1 saturated heterocycles. The van der Waals surface area contributed by atoms with Crippen molar-refractivity contribution in [3.05, 3.63) is 0 Å². The van der Waals surface area contributed by atoms with Gasteiger partial charge >= 0.3 is 0 Å². The smallest absolute Gasteiger partial charge is 0.000572 e. The Morgan fingerprint density at radius 1 is 1.08 bits per heavy atom. The summed E-state index contributed by atoms with van der Waals surface area (Å²) in [5.74, 6) is 1.74. The van der Waals surface area contributed by atoms with Crippen LogP contribution in [0.1, 0.15) is 33.1 Å². The monoisotopic (exact) mass is 184 g/mol. The standard InChI is InChI=1S/C11H24N2/c1-3-10(4-2)11-8-12-6-5-7-13-9-11/h10-13H,3-9H2,1-2H3. The molecule has 0 aromatic rings. The molecule has 1 aliphatic heterocycles. The Morgan fingerprint density at radius 2 is 1.62 bits per heavy atom. The lowest BCUT2D eigenvalue weighted by molar-refractivity contribution is 0.278. The highest BCUT2D eigenvalue weighted by Crippen LogP contribution is 2.18. The van der Waals surface area contributed by atoms with Crippen molar-refractivity contribution in [2.75, 3.05) is 26.2 Å². The Balaban J connectivity index is 2.35. The molecule has 0 aromatic carbocycles. The molecule has 0 aliphatic carbocycles. The van der Waals surface area contributed by atoms with Crippen molar-refractivity contribution >= 4 is 0 Å². The largest absolute Gasteiger partial charge is 0.316 e. The molecule has 0 spiro atoms. The molecule has 0 amide bonds.